The fourth-order valence-electron chi connectivity index (χ4n) is 1.53. The van der Waals surface area contributed by atoms with Crippen LogP contribution < -0.4 is 5.73 Å². The van der Waals surface area contributed by atoms with Crippen molar-refractivity contribution in [3.05, 3.63) is 47.7 Å². The van der Waals surface area contributed by atoms with Crippen LogP contribution in [0.4, 0.5) is 0 Å². The zero-order valence-corrected chi connectivity index (χ0v) is 10.4. The summed E-state index contributed by atoms with van der Waals surface area (Å²) >= 11 is 0. The molecule has 1 amide bonds. The number of nitriles is 2. The van der Waals surface area contributed by atoms with Crippen molar-refractivity contribution in [2.24, 2.45) is 5.73 Å². The highest BCUT2D eigenvalue weighted by atomic mass is 16.1. The summed E-state index contributed by atoms with van der Waals surface area (Å²) in [6.07, 6.45) is 1.63. The van der Waals surface area contributed by atoms with Crippen LogP contribution in [0.3, 0.4) is 0 Å². The summed E-state index contributed by atoms with van der Waals surface area (Å²) in [5.74, 6) is -0.415. The molecule has 96 valence electrons. The number of carbonyl (C=O) groups is 1. The van der Waals surface area contributed by atoms with Gasteiger partial charge in [0.15, 0.2) is 0 Å². The molecule has 0 unspecified atom stereocenters. The summed E-state index contributed by atoms with van der Waals surface area (Å²) in [7, 11) is 0. The number of nitrogens with zero attached hydrogens (tertiary/aromatic N) is 3. The van der Waals surface area contributed by atoms with E-state index in [0.29, 0.717) is 13.1 Å². The number of hydrogen-bond donors (Lipinski definition) is 1. The third kappa shape index (κ3) is 5.38. The van der Waals surface area contributed by atoms with Crippen LogP contribution in [0, 0.1) is 22.7 Å². The first-order valence-corrected chi connectivity index (χ1v) is 5.74. The molecule has 0 saturated carbocycles. The maximum atomic E-state index is 10.8. The zero-order chi connectivity index (χ0) is 14.1. The second-order valence-corrected chi connectivity index (χ2v) is 3.94. The predicted octanol–water partition coefficient (Wildman–Crippen LogP) is 1.30. The van der Waals surface area contributed by atoms with Gasteiger partial charge in [0, 0.05) is 25.7 Å². The number of primary amides is 1. The molecule has 0 aromatic heterocycles. The SMILES string of the molecule is N#CC(C#N)=CN(CCC(N)=O)Cc1ccccc1. The van der Waals surface area contributed by atoms with E-state index in [1.165, 1.54) is 6.20 Å². The molecule has 0 fully saturated rings. The minimum atomic E-state index is -0.415. The van der Waals surface area contributed by atoms with E-state index in [4.69, 9.17) is 16.3 Å². The number of amides is 1. The van der Waals surface area contributed by atoms with Crippen molar-refractivity contribution in [2.45, 2.75) is 13.0 Å². The Morgan fingerprint density at radius 1 is 1.26 bits per heavy atom. The summed E-state index contributed by atoms with van der Waals surface area (Å²) in [6.45, 7) is 0.887. The van der Waals surface area contributed by atoms with Gasteiger partial charge in [0.05, 0.1) is 0 Å². The molecule has 19 heavy (non-hydrogen) atoms. The lowest BCUT2D eigenvalue weighted by atomic mass is 10.2. The molecule has 5 nitrogen and oxygen atoms in total. The Morgan fingerprint density at radius 3 is 2.42 bits per heavy atom. The summed E-state index contributed by atoms with van der Waals surface area (Å²) in [5, 5.41) is 17.5. The number of rotatable bonds is 6. The molecule has 2 N–H and O–H groups in total. The molecule has 1 aromatic carbocycles. The van der Waals surface area contributed by atoms with Crippen molar-refractivity contribution in [2.75, 3.05) is 6.54 Å². The van der Waals surface area contributed by atoms with Crippen LogP contribution in [-0.4, -0.2) is 17.4 Å². The average Bonchev–Trinajstić information content (AvgIpc) is 2.42. The van der Waals surface area contributed by atoms with E-state index in [-0.39, 0.29) is 12.0 Å². The summed E-state index contributed by atoms with van der Waals surface area (Å²) in [4.78, 5) is 12.6. The van der Waals surface area contributed by atoms with Crippen molar-refractivity contribution in [3.8, 4) is 12.1 Å². The van der Waals surface area contributed by atoms with Gasteiger partial charge in [-0.15, -0.1) is 0 Å². The Morgan fingerprint density at radius 2 is 1.89 bits per heavy atom. The third-order valence-electron chi connectivity index (χ3n) is 2.43. The van der Waals surface area contributed by atoms with Gasteiger partial charge in [-0.05, 0) is 5.56 Å². The highest BCUT2D eigenvalue weighted by molar-refractivity contribution is 5.73. The maximum absolute atomic E-state index is 10.8. The van der Waals surface area contributed by atoms with Gasteiger partial charge < -0.3 is 10.6 Å². The Bertz CT molecular complexity index is 521. The monoisotopic (exact) mass is 254 g/mol. The van der Waals surface area contributed by atoms with Crippen LogP contribution in [0.1, 0.15) is 12.0 Å². The van der Waals surface area contributed by atoms with E-state index >= 15 is 0 Å². The van der Waals surface area contributed by atoms with Gasteiger partial charge >= 0.3 is 0 Å². The molecule has 1 rings (SSSR count). The van der Waals surface area contributed by atoms with Crippen molar-refractivity contribution < 1.29 is 4.79 Å². The van der Waals surface area contributed by atoms with E-state index in [9.17, 15) is 4.79 Å². The van der Waals surface area contributed by atoms with Gasteiger partial charge in [0.25, 0.3) is 0 Å². The van der Waals surface area contributed by atoms with E-state index in [1.54, 1.807) is 17.0 Å². The highest BCUT2D eigenvalue weighted by Gasteiger charge is 2.06. The van der Waals surface area contributed by atoms with Crippen LogP contribution in [0.15, 0.2) is 42.1 Å². The topological polar surface area (TPSA) is 93.9 Å². The first-order valence-electron chi connectivity index (χ1n) is 5.74. The number of benzene rings is 1. The molecule has 0 atom stereocenters. The van der Waals surface area contributed by atoms with Gasteiger partial charge in [-0.25, -0.2) is 0 Å². The van der Waals surface area contributed by atoms with E-state index < -0.39 is 5.91 Å². The molecule has 0 radical (unpaired) electrons. The van der Waals surface area contributed by atoms with Gasteiger partial charge in [-0.2, -0.15) is 10.5 Å². The fraction of sp³-hybridized carbons (Fsp3) is 0.214. The fourth-order valence-corrected chi connectivity index (χ4v) is 1.53. The summed E-state index contributed by atoms with van der Waals surface area (Å²) in [5.41, 5.74) is 6.14. The minimum Gasteiger partial charge on any atom is -0.371 e. The Balaban J connectivity index is 2.81. The Kier molecular flexibility index (Phi) is 5.65. The Hall–Kier alpha value is -2.79. The van der Waals surface area contributed by atoms with Gasteiger partial charge in [0.1, 0.15) is 17.7 Å². The number of carbonyl (C=O) groups excluding carboxylic acids is 1. The predicted molar refractivity (Wildman–Crippen MR) is 70.0 cm³/mol. The van der Waals surface area contributed by atoms with Crippen molar-refractivity contribution in [1.29, 1.82) is 10.5 Å². The average molecular weight is 254 g/mol. The molecule has 1 aromatic rings. The molecule has 0 spiro atoms. The second kappa shape index (κ2) is 7.52. The number of allylic oxidation sites excluding steroid dienone is 1. The van der Waals surface area contributed by atoms with Gasteiger partial charge in [0.2, 0.25) is 5.91 Å². The molecule has 0 heterocycles. The Labute approximate surface area is 112 Å². The van der Waals surface area contributed by atoms with E-state index in [0.717, 1.165) is 5.56 Å². The number of nitrogens with two attached hydrogens (primary N) is 1. The van der Waals surface area contributed by atoms with Crippen LogP contribution >= 0.6 is 0 Å². The summed E-state index contributed by atoms with van der Waals surface area (Å²) in [6, 6.07) is 13.2. The van der Waals surface area contributed by atoms with Crippen molar-refractivity contribution in [1.82, 2.24) is 4.90 Å². The standard InChI is InChI=1S/C14H14N4O/c15-8-13(9-16)11-18(7-6-14(17)19)10-12-4-2-1-3-5-12/h1-5,11H,6-7,10H2,(H2,17,19). The normalized spacial score (nSPS) is 8.95. The van der Waals surface area contributed by atoms with Crippen LogP contribution in [0.2, 0.25) is 0 Å². The van der Waals surface area contributed by atoms with Crippen molar-refractivity contribution >= 4 is 5.91 Å². The second-order valence-electron chi connectivity index (χ2n) is 3.94. The molecule has 0 bridgehead atoms. The van der Waals surface area contributed by atoms with Crippen LogP contribution in [-0.2, 0) is 11.3 Å². The van der Waals surface area contributed by atoms with E-state index in [1.807, 2.05) is 30.3 Å². The van der Waals surface area contributed by atoms with Gasteiger partial charge in [-0.1, -0.05) is 30.3 Å². The quantitative estimate of drug-likeness (QED) is 0.774. The first kappa shape index (κ1) is 14.3. The van der Waals surface area contributed by atoms with E-state index in [2.05, 4.69) is 0 Å². The highest BCUT2D eigenvalue weighted by Crippen LogP contribution is 2.07. The van der Waals surface area contributed by atoms with Crippen molar-refractivity contribution in [3.63, 3.8) is 0 Å². The maximum Gasteiger partial charge on any atom is 0.219 e. The molecule has 0 aliphatic heterocycles. The molecule has 0 aliphatic carbocycles. The largest absolute Gasteiger partial charge is 0.371 e. The molecule has 0 aliphatic rings. The van der Waals surface area contributed by atoms with Gasteiger partial charge in [-0.3, -0.25) is 4.79 Å². The van der Waals surface area contributed by atoms with Crippen LogP contribution in [0.5, 0.6) is 0 Å². The lowest BCUT2D eigenvalue weighted by molar-refractivity contribution is -0.118. The first-order chi connectivity index (χ1) is 9.15. The third-order valence-corrected chi connectivity index (χ3v) is 2.43. The molecule has 5 heteroatoms. The lowest BCUT2D eigenvalue weighted by Gasteiger charge is -2.19. The summed E-state index contributed by atoms with van der Waals surface area (Å²) < 4.78 is 0. The molecular weight excluding hydrogens is 240 g/mol. The lowest BCUT2D eigenvalue weighted by Crippen LogP contribution is -2.24. The minimum absolute atomic E-state index is 0.000372. The number of hydrogen-bond acceptors (Lipinski definition) is 4. The molecular formula is C14H14N4O. The van der Waals surface area contributed by atoms with Crippen LogP contribution in [0.25, 0.3) is 0 Å². The zero-order valence-electron chi connectivity index (χ0n) is 10.4. The smallest absolute Gasteiger partial charge is 0.219 e. The molecule has 0 saturated heterocycles.